The predicted molar refractivity (Wildman–Crippen MR) is 112 cm³/mol. The van der Waals surface area contributed by atoms with Gasteiger partial charge in [0.15, 0.2) is 5.96 Å². The molecule has 0 aliphatic carbocycles. The molecule has 0 radical (unpaired) electrons. The Balaban J connectivity index is 0.00000208. The molecule has 0 saturated carbocycles. The van der Waals surface area contributed by atoms with Crippen molar-refractivity contribution in [1.82, 2.24) is 15.5 Å². The van der Waals surface area contributed by atoms with Gasteiger partial charge in [-0.1, -0.05) is 6.92 Å². The van der Waals surface area contributed by atoms with E-state index in [0.29, 0.717) is 6.04 Å². The first-order valence-electron chi connectivity index (χ1n) is 8.66. The molecule has 2 aliphatic heterocycles. The van der Waals surface area contributed by atoms with Gasteiger partial charge in [0.1, 0.15) is 0 Å². The van der Waals surface area contributed by atoms with Crippen LogP contribution in [0.5, 0.6) is 0 Å². The summed E-state index contributed by atoms with van der Waals surface area (Å²) in [5.74, 6) is 0.851. The van der Waals surface area contributed by atoms with Gasteiger partial charge in [0.2, 0.25) is 0 Å². The highest BCUT2D eigenvalue weighted by Gasteiger charge is 2.32. The maximum absolute atomic E-state index is 5.98. The summed E-state index contributed by atoms with van der Waals surface area (Å²) in [5.41, 5.74) is 0. The summed E-state index contributed by atoms with van der Waals surface area (Å²) in [6.45, 7) is 6.98. The number of fused-ring (bicyclic) bond motifs is 1. The molecule has 2 fully saturated rings. The lowest BCUT2D eigenvalue weighted by molar-refractivity contribution is -0.0453. The fourth-order valence-electron chi connectivity index (χ4n) is 3.32. The molecule has 2 N–H and O–H groups in total. The molecule has 2 unspecified atom stereocenters. The summed E-state index contributed by atoms with van der Waals surface area (Å²) in [4.78, 5) is 9.66. The van der Waals surface area contributed by atoms with Gasteiger partial charge in [-0.25, -0.2) is 0 Å². The van der Waals surface area contributed by atoms with E-state index >= 15 is 0 Å². The van der Waals surface area contributed by atoms with E-state index in [0.717, 1.165) is 38.6 Å². The largest absolute Gasteiger partial charge is 0.373 e. The fourth-order valence-corrected chi connectivity index (χ4v) is 4.22. The minimum absolute atomic E-state index is 0. The van der Waals surface area contributed by atoms with Crippen molar-refractivity contribution in [2.24, 2.45) is 4.99 Å². The molecule has 0 aromatic carbocycles. The molecule has 1 aromatic rings. The fraction of sp³-hybridized carbons (Fsp3) is 0.706. The maximum atomic E-state index is 5.98. The third-order valence-corrected chi connectivity index (χ3v) is 5.91. The molecule has 136 valence electrons. The molecule has 5 nitrogen and oxygen atoms in total. The van der Waals surface area contributed by atoms with Crippen LogP contribution in [0.2, 0.25) is 0 Å². The molecule has 3 rings (SSSR count). The Morgan fingerprint density at radius 2 is 2.21 bits per heavy atom. The Kier molecular flexibility index (Phi) is 8.25. The number of nitrogens with zero attached hydrogens (tertiary/aromatic N) is 2. The van der Waals surface area contributed by atoms with Gasteiger partial charge in [0, 0.05) is 35.9 Å². The predicted octanol–water partition coefficient (Wildman–Crippen LogP) is 2.46. The lowest BCUT2D eigenvalue weighted by Crippen LogP contribution is -2.51. The number of hydrogen-bond donors (Lipinski definition) is 2. The number of aryl methyl sites for hydroxylation is 1. The van der Waals surface area contributed by atoms with Crippen LogP contribution in [0.1, 0.15) is 29.5 Å². The third-order valence-electron chi connectivity index (χ3n) is 4.68. The summed E-state index contributed by atoms with van der Waals surface area (Å²) in [7, 11) is 1.82. The van der Waals surface area contributed by atoms with E-state index in [1.165, 1.54) is 29.1 Å². The molecule has 1 aromatic heterocycles. The minimum Gasteiger partial charge on any atom is -0.373 e. The van der Waals surface area contributed by atoms with Gasteiger partial charge in [0.25, 0.3) is 0 Å². The van der Waals surface area contributed by atoms with E-state index in [4.69, 9.17) is 4.74 Å². The van der Waals surface area contributed by atoms with Crippen molar-refractivity contribution >= 4 is 41.3 Å². The second kappa shape index (κ2) is 9.94. The number of thiophene rings is 1. The van der Waals surface area contributed by atoms with Crippen LogP contribution < -0.4 is 10.6 Å². The average molecular weight is 464 g/mol. The van der Waals surface area contributed by atoms with E-state index < -0.39 is 0 Å². The first-order chi connectivity index (χ1) is 11.3. The first-order valence-corrected chi connectivity index (χ1v) is 9.48. The molecule has 24 heavy (non-hydrogen) atoms. The molecule has 3 heterocycles. The zero-order valence-corrected chi connectivity index (χ0v) is 17.7. The Morgan fingerprint density at radius 3 is 2.96 bits per heavy atom. The molecule has 2 aliphatic rings. The number of hydrogen-bond acceptors (Lipinski definition) is 4. The number of nitrogens with one attached hydrogen (secondary N) is 2. The molecule has 2 atom stereocenters. The molecular weight excluding hydrogens is 435 g/mol. The van der Waals surface area contributed by atoms with Crippen molar-refractivity contribution in [1.29, 1.82) is 0 Å². The average Bonchev–Trinajstić information content (AvgIpc) is 3.23. The van der Waals surface area contributed by atoms with E-state index in [1.807, 2.05) is 18.4 Å². The van der Waals surface area contributed by atoms with Gasteiger partial charge >= 0.3 is 0 Å². The normalized spacial score (nSPS) is 24.3. The van der Waals surface area contributed by atoms with Crippen molar-refractivity contribution in [3.8, 4) is 0 Å². The number of morpholine rings is 1. The topological polar surface area (TPSA) is 48.9 Å². The van der Waals surface area contributed by atoms with E-state index in [9.17, 15) is 0 Å². The van der Waals surface area contributed by atoms with E-state index in [-0.39, 0.29) is 30.1 Å². The van der Waals surface area contributed by atoms with Crippen LogP contribution in [0.4, 0.5) is 0 Å². The highest BCUT2D eigenvalue weighted by Crippen LogP contribution is 2.22. The van der Waals surface area contributed by atoms with E-state index in [2.05, 4.69) is 39.6 Å². The number of rotatable bonds is 5. The van der Waals surface area contributed by atoms with Gasteiger partial charge in [0.05, 0.1) is 19.3 Å². The quantitative estimate of drug-likeness (QED) is 0.400. The summed E-state index contributed by atoms with van der Waals surface area (Å²) in [6.07, 6.45) is 3.98. The molecule has 7 heteroatoms. The first kappa shape index (κ1) is 19.9. The second-order valence-corrected chi connectivity index (χ2v) is 7.53. The smallest absolute Gasteiger partial charge is 0.191 e. The second-order valence-electron chi connectivity index (χ2n) is 6.27. The van der Waals surface area contributed by atoms with Crippen LogP contribution in [0.15, 0.2) is 17.1 Å². The summed E-state index contributed by atoms with van der Waals surface area (Å²) in [5, 5.41) is 6.79. The van der Waals surface area contributed by atoms with Crippen LogP contribution in [-0.4, -0.2) is 56.3 Å². The highest BCUT2D eigenvalue weighted by atomic mass is 127. The lowest BCUT2D eigenvalue weighted by Gasteiger charge is -2.35. The SMILES string of the molecule is CCc1ccc(CNC(=NC)NCC2CN3CCCC3CO2)s1.I. The van der Waals surface area contributed by atoms with Gasteiger partial charge in [-0.3, -0.25) is 9.89 Å². The van der Waals surface area contributed by atoms with Crippen LogP contribution in [0, 0.1) is 0 Å². The van der Waals surface area contributed by atoms with Gasteiger partial charge in [-0.05, 0) is 37.9 Å². The van der Waals surface area contributed by atoms with Crippen molar-refractivity contribution < 1.29 is 4.74 Å². The lowest BCUT2D eigenvalue weighted by atomic mass is 10.2. The van der Waals surface area contributed by atoms with Crippen LogP contribution in [-0.2, 0) is 17.7 Å². The molecule has 0 spiro atoms. The number of guanidine groups is 1. The third kappa shape index (κ3) is 5.31. The van der Waals surface area contributed by atoms with Gasteiger partial charge in [-0.15, -0.1) is 35.3 Å². The Morgan fingerprint density at radius 1 is 1.38 bits per heavy atom. The highest BCUT2D eigenvalue weighted by molar-refractivity contribution is 14.0. The number of halogens is 1. The van der Waals surface area contributed by atoms with Crippen molar-refractivity contribution in [2.75, 3.05) is 33.3 Å². The summed E-state index contributed by atoms with van der Waals surface area (Å²) in [6, 6.07) is 5.07. The van der Waals surface area contributed by atoms with Crippen molar-refractivity contribution in [3.63, 3.8) is 0 Å². The zero-order chi connectivity index (χ0) is 16.1. The maximum Gasteiger partial charge on any atom is 0.191 e. The summed E-state index contributed by atoms with van der Waals surface area (Å²) >= 11 is 1.87. The zero-order valence-electron chi connectivity index (χ0n) is 14.6. The van der Waals surface area contributed by atoms with Crippen LogP contribution in [0.25, 0.3) is 0 Å². The van der Waals surface area contributed by atoms with Crippen molar-refractivity contribution in [3.05, 3.63) is 21.9 Å². The summed E-state index contributed by atoms with van der Waals surface area (Å²) < 4.78 is 5.98. The minimum atomic E-state index is 0. The van der Waals surface area contributed by atoms with Gasteiger partial charge < -0.3 is 15.4 Å². The van der Waals surface area contributed by atoms with E-state index in [1.54, 1.807) is 0 Å². The Bertz CT molecular complexity index is 536. The molecule has 2 saturated heterocycles. The number of aliphatic imine (C=N–C) groups is 1. The van der Waals surface area contributed by atoms with Crippen molar-refractivity contribution in [2.45, 2.75) is 44.9 Å². The monoisotopic (exact) mass is 464 g/mol. The Hall–Kier alpha value is -0.380. The standard InChI is InChI=1S/C17H28N4OS.HI/c1-3-15-6-7-16(23-15)10-20-17(18-2)19-9-14-11-21-8-4-5-13(21)12-22-14;/h6-7,13-14H,3-5,8-12H2,1-2H3,(H2,18,19,20);1H. The molecule has 0 bridgehead atoms. The van der Waals surface area contributed by atoms with Crippen LogP contribution in [0.3, 0.4) is 0 Å². The molecule has 0 amide bonds. The molecular formula is C17H29IN4OS. The number of ether oxygens (including phenoxy) is 1. The Labute approximate surface area is 166 Å². The van der Waals surface area contributed by atoms with Gasteiger partial charge in [-0.2, -0.15) is 0 Å². The van der Waals surface area contributed by atoms with Crippen LogP contribution >= 0.6 is 35.3 Å².